The Morgan fingerprint density at radius 2 is 1.58 bits per heavy atom. The molecule has 0 aliphatic heterocycles. The number of nitrogens with two attached hydrogens (primary N) is 2. The average Bonchev–Trinajstić information content (AvgIpc) is 2.75. The molecule has 2 amide bonds. The molecule has 0 aliphatic rings. The van der Waals surface area contributed by atoms with Gasteiger partial charge in [-0.05, 0) is 37.5 Å². The maximum absolute atomic E-state index is 11.8. The minimum absolute atomic E-state index is 0.0822. The number of aryl methyl sites for hydroxylation is 1. The van der Waals surface area contributed by atoms with E-state index in [-0.39, 0.29) is 16.8 Å². The molecule has 2 aromatic carbocycles. The summed E-state index contributed by atoms with van der Waals surface area (Å²) in [5.41, 5.74) is 12.7. The Labute approximate surface area is 195 Å². The number of sulfonamides is 1. The first kappa shape index (κ1) is 27.4. The van der Waals surface area contributed by atoms with Crippen LogP contribution in [0.1, 0.15) is 30.9 Å². The van der Waals surface area contributed by atoms with Gasteiger partial charge in [0.1, 0.15) is 0 Å². The van der Waals surface area contributed by atoms with Crippen LogP contribution >= 0.6 is 0 Å². The third-order valence-electron chi connectivity index (χ3n) is 4.42. The summed E-state index contributed by atoms with van der Waals surface area (Å²) in [5, 5.41) is 17.0. The summed E-state index contributed by atoms with van der Waals surface area (Å²) in [5.74, 6) is -0.392. The molecule has 0 saturated carbocycles. The Morgan fingerprint density at radius 3 is 2.09 bits per heavy atom. The van der Waals surface area contributed by atoms with Crippen molar-refractivity contribution in [2.24, 2.45) is 11.5 Å². The molecule has 180 valence electrons. The lowest BCUT2D eigenvalue weighted by Gasteiger charge is -2.19. The highest BCUT2D eigenvalue weighted by Crippen LogP contribution is 2.09. The van der Waals surface area contributed by atoms with Crippen molar-refractivity contribution in [2.45, 2.75) is 38.0 Å². The van der Waals surface area contributed by atoms with Crippen LogP contribution in [0.2, 0.25) is 0 Å². The van der Waals surface area contributed by atoms with Crippen molar-refractivity contribution in [2.75, 3.05) is 13.1 Å². The zero-order valence-corrected chi connectivity index (χ0v) is 19.8. The first-order valence-corrected chi connectivity index (χ1v) is 11.9. The molecule has 0 aromatic heterocycles. The van der Waals surface area contributed by atoms with Gasteiger partial charge < -0.3 is 16.8 Å². The lowest BCUT2D eigenvalue weighted by Crippen LogP contribution is -2.45. The Hall–Kier alpha value is -3.60. The van der Waals surface area contributed by atoms with Crippen molar-refractivity contribution in [1.29, 1.82) is 10.8 Å². The number of benzene rings is 2. The van der Waals surface area contributed by atoms with Gasteiger partial charge in [0, 0.05) is 13.1 Å². The van der Waals surface area contributed by atoms with E-state index in [2.05, 4.69) is 5.32 Å². The number of carbonyl (C=O) groups is 1. The maximum Gasteiger partial charge on any atom is 0.328 e. The van der Waals surface area contributed by atoms with Crippen molar-refractivity contribution in [3.8, 4) is 0 Å². The molecule has 0 aliphatic carbocycles. The molecule has 8 N–H and O–H groups in total. The number of unbranched alkanes of at least 4 members (excludes halogenated alkanes) is 1. The normalized spacial score (nSPS) is 10.4. The zero-order valence-electron chi connectivity index (χ0n) is 19.0. The third kappa shape index (κ3) is 10.5. The number of hydrogen-bond donors (Lipinski definition) is 6. The van der Waals surface area contributed by atoms with Crippen LogP contribution < -0.4 is 21.5 Å². The molecule has 2 rings (SSSR count). The van der Waals surface area contributed by atoms with Gasteiger partial charge in [-0.1, -0.05) is 61.4 Å². The van der Waals surface area contributed by atoms with E-state index >= 15 is 0 Å². The van der Waals surface area contributed by atoms with Gasteiger partial charge in [-0.3, -0.25) is 15.7 Å². The van der Waals surface area contributed by atoms with Gasteiger partial charge in [0.2, 0.25) is 0 Å². The summed E-state index contributed by atoms with van der Waals surface area (Å²) in [6, 6.07) is 15.4. The molecule has 10 nitrogen and oxygen atoms in total. The lowest BCUT2D eigenvalue weighted by molar-refractivity contribution is 0.245. The zero-order chi connectivity index (χ0) is 24.9. The SMILES string of the molecule is CCCCNC(=O)NS(=O)(=O)c1ccc(C)cc1.N=C(N)N(CCc1ccccc1)C(=N)N. The molecule has 0 unspecified atom stereocenters. The molecular formula is C22H33N7O3S. The summed E-state index contributed by atoms with van der Waals surface area (Å²) >= 11 is 0. The van der Waals surface area contributed by atoms with Crippen molar-refractivity contribution >= 4 is 28.0 Å². The molecule has 0 spiro atoms. The topological polar surface area (TPSA) is 178 Å². The molecular weight excluding hydrogens is 442 g/mol. The number of nitrogens with one attached hydrogen (secondary N) is 4. The minimum atomic E-state index is -3.78. The number of nitrogens with zero attached hydrogens (tertiary/aromatic N) is 1. The molecule has 0 heterocycles. The fraction of sp³-hybridized carbons (Fsp3) is 0.318. The highest BCUT2D eigenvalue weighted by Gasteiger charge is 2.16. The molecule has 11 heteroatoms. The predicted molar refractivity (Wildman–Crippen MR) is 130 cm³/mol. The Bertz CT molecular complexity index is 996. The largest absolute Gasteiger partial charge is 0.370 e. The molecule has 2 aromatic rings. The van der Waals surface area contributed by atoms with Crippen LogP contribution in [-0.4, -0.2) is 44.4 Å². The first-order valence-electron chi connectivity index (χ1n) is 10.4. The van der Waals surface area contributed by atoms with Gasteiger partial charge in [-0.25, -0.2) is 17.9 Å². The summed E-state index contributed by atoms with van der Waals surface area (Å²) < 4.78 is 25.6. The molecule has 0 bridgehead atoms. The predicted octanol–water partition coefficient (Wildman–Crippen LogP) is 2.10. The highest BCUT2D eigenvalue weighted by molar-refractivity contribution is 7.90. The van der Waals surface area contributed by atoms with Gasteiger partial charge in [0.15, 0.2) is 11.9 Å². The second-order valence-electron chi connectivity index (χ2n) is 7.19. The van der Waals surface area contributed by atoms with Crippen molar-refractivity contribution in [3.05, 3.63) is 65.7 Å². The number of urea groups is 1. The van der Waals surface area contributed by atoms with E-state index in [0.717, 1.165) is 24.0 Å². The third-order valence-corrected chi connectivity index (χ3v) is 5.77. The van der Waals surface area contributed by atoms with Crippen molar-refractivity contribution < 1.29 is 13.2 Å². The second-order valence-corrected chi connectivity index (χ2v) is 8.87. The van der Waals surface area contributed by atoms with E-state index in [0.29, 0.717) is 19.5 Å². The maximum atomic E-state index is 11.8. The molecule has 0 saturated heterocycles. The Kier molecular flexibility index (Phi) is 11.4. The van der Waals surface area contributed by atoms with Crippen molar-refractivity contribution in [1.82, 2.24) is 14.9 Å². The second kappa shape index (κ2) is 13.7. The van der Waals surface area contributed by atoms with Crippen LogP contribution in [-0.2, 0) is 16.4 Å². The van der Waals surface area contributed by atoms with E-state index in [1.54, 1.807) is 12.1 Å². The van der Waals surface area contributed by atoms with E-state index in [4.69, 9.17) is 22.3 Å². The van der Waals surface area contributed by atoms with Gasteiger partial charge in [-0.15, -0.1) is 0 Å². The Balaban J connectivity index is 0.000000335. The smallest absolute Gasteiger partial charge is 0.328 e. The lowest BCUT2D eigenvalue weighted by atomic mass is 10.1. The summed E-state index contributed by atoms with van der Waals surface area (Å²) in [7, 11) is -3.78. The number of rotatable bonds is 8. The summed E-state index contributed by atoms with van der Waals surface area (Å²) in [6.07, 6.45) is 2.46. The van der Waals surface area contributed by atoms with Crippen LogP contribution in [0.4, 0.5) is 4.79 Å². The Morgan fingerprint density at radius 1 is 1.00 bits per heavy atom. The average molecular weight is 476 g/mol. The van der Waals surface area contributed by atoms with Gasteiger partial charge >= 0.3 is 6.03 Å². The van der Waals surface area contributed by atoms with Crippen LogP contribution in [0.15, 0.2) is 59.5 Å². The summed E-state index contributed by atoms with van der Waals surface area (Å²) in [4.78, 5) is 12.7. The number of hydrogen-bond acceptors (Lipinski definition) is 5. The number of guanidine groups is 2. The van der Waals surface area contributed by atoms with Gasteiger partial charge in [0.05, 0.1) is 4.90 Å². The van der Waals surface area contributed by atoms with Crippen LogP contribution in [0.3, 0.4) is 0 Å². The van der Waals surface area contributed by atoms with Crippen LogP contribution in [0, 0.1) is 17.7 Å². The molecule has 0 atom stereocenters. The quantitative estimate of drug-likeness (QED) is 0.193. The van der Waals surface area contributed by atoms with Gasteiger partial charge in [-0.2, -0.15) is 0 Å². The molecule has 33 heavy (non-hydrogen) atoms. The van der Waals surface area contributed by atoms with E-state index < -0.39 is 16.1 Å². The highest BCUT2D eigenvalue weighted by atomic mass is 32.2. The molecule has 0 radical (unpaired) electrons. The first-order chi connectivity index (χ1) is 15.6. The fourth-order valence-corrected chi connectivity index (χ4v) is 3.50. The monoisotopic (exact) mass is 475 g/mol. The molecule has 0 fully saturated rings. The fourth-order valence-electron chi connectivity index (χ4n) is 2.57. The van der Waals surface area contributed by atoms with Crippen LogP contribution in [0.5, 0.6) is 0 Å². The number of carbonyl (C=O) groups excluding carboxylic acids is 1. The van der Waals surface area contributed by atoms with E-state index in [1.165, 1.54) is 17.0 Å². The van der Waals surface area contributed by atoms with Crippen LogP contribution in [0.25, 0.3) is 0 Å². The van der Waals surface area contributed by atoms with Gasteiger partial charge in [0.25, 0.3) is 10.0 Å². The minimum Gasteiger partial charge on any atom is -0.370 e. The summed E-state index contributed by atoms with van der Waals surface area (Å²) in [6.45, 7) is 4.77. The number of amides is 2. The van der Waals surface area contributed by atoms with E-state index in [1.807, 2.05) is 48.9 Å². The van der Waals surface area contributed by atoms with E-state index in [9.17, 15) is 13.2 Å². The standard InChI is InChI=1S/C12H18N2O3S.C10H15N5/c1-3-4-9-13-12(15)14-18(16,17)11-7-5-10(2)6-8-11;11-9(12)15(10(13)14)7-6-8-4-2-1-3-5-8/h5-8H,3-4,9H2,1-2H3,(H2,13,14,15);1-5H,6-7H2,(H3,11,12)(H3,13,14). The van der Waals surface area contributed by atoms with Crippen molar-refractivity contribution in [3.63, 3.8) is 0 Å².